The van der Waals surface area contributed by atoms with E-state index in [0.717, 1.165) is 0 Å². The van der Waals surface area contributed by atoms with E-state index in [9.17, 15) is 14.4 Å². The van der Waals surface area contributed by atoms with E-state index >= 15 is 0 Å². The molecular weight excluding hydrogens is 382 g/mol. The SMILES string of the molecule is CC(C(=O)Nc1ccc2[nH]c(=O)[nH]c2c1)N(C)CC(=O)Nc1ccccc1Cl. The lowest BCUT2D eigenvalue weighted by Crippen LogP contribution is -2.43. The zero-order valence-electron chi connectivity index (χ0n) is 15.4. The first-order valence-corrected chi connectivity index (χ1v) is 8.99. The maximum absolute atomic E-state index is 12.5. The van der Waals surface area contributed by atoms with Crippen molar-refractivity contribution in [1.29, 1.82) is 0 Å². The molecule has 3 aromatic rings. The zero-order valence-corrected chi connectivity index (χ0v) is 16.1. The van der Waals surface area contributed by atoms with Crippen molar-refractivity contribution in [3.05, 3.63) is 58.0 Å². The number of carbonyl (C=O) groups excluding carboxylic acids is 2. The van der Waals surface area contributed by atoms with Gasteiger partial charge in [-0.25, -0.2) is 4.79 Å². The van der Waals surface area contributed by atoms with Gasteiger partial charge in [-0.1, -0.05) is 23.7 Å². The number of H-pyrrole nitrogens is 2. The molecule has 1 unspecified atom stereocenters. The highest BCUT2D eigenvalue weighted by Crippen LogP contribution is 2.20. The number of likely N-dealkylation sites (N-methyl/N-ethyl adjacent to an activating group) is 1. The minimum Gasteiger partial charge on any atom is -0.325 e. The number of para-hydroxylation sites is 1. The van der Waals surface area contributed by atoms with Crippen LogP contribution in [0, 0.1) is 0 Å². The second kappa shape index (κ2) is 8.28. The Kier molecular flexibility index (Phi) is 5.81. The molecule has 9 heteroatoms. The van der Waals surface area contributed by atoms with Gasteiger partial charge in [-0.05, 0) is 44.3 Å². The van der Waals surface area contributed by atoms with Gasteiger partial charge in [-0.2, -0.15) is 0 Å². The number of halogens is 1. The maximum atomic E-state index is 12.5. The van der Waals surface area contributed by atoms with Crippen LogP contribution in [0.1, 0.15) is 6.92 Å². The lowest BCUT2D eigenvalue weighted by atomic mass is 10.2. The molecule has 2 amide bonds. The van der Waals surface area contributed by atoms with Gasteiger partial charge in [0.2, 0.25) is 11.8 Å². The highest BCUT2D eigenvalue weighted by molar-refractivity contribution is 6.33. The van der Waals surface area contributed by atoms with Crippen LogP contribution in [0.15, 0.2) is 47.3 Å². The van der Waals surface area contributed by atoms with Crippen molar-refractivity contribution in [1.82, 2.24) is 14.9 Å². The van der Waals surface area contributed by atoms with Crippen LogP contribution in [0.25, 0.3) is 11.0 Å². The molecular formula is C19H20ClN5O3. The Bertz CT molecular complexity index is 1070. The highest BCUT2D eigenvalue weighted by Gasteiger charge is 2.20. The number of aromatic amines is 2. The van der Waals surface area contributed by atoms with Crippen molar-refractivity contribution in [3.8, 4) is 0 Å². The number of nitrogens with zero attached hydrogens (tertiary/aromatic N) is 1. The third-order valence-electron chi connectivity index (χ3n) is 4.37. The van der Waals surface area contributed by atoms with Gasteiger partial charge in [-0.3, -0.25) is 14.5 Å². The number of hydrogen-bond acceptors (Lipinski definition) is 4. The molecule has 3 rings (SSSR count). The first-order valence-electron chi connectivity index (χ1n) is 8.61. The summed E-state index contributed by atoms with van der Waals surface area (Å²) in [6, 6.07) is 11.4. The van der Waals surface area contributed by atoms with Crippen molar-refractivity contribution in [3.63, 3.8) is 0 Å². The molecule has 2 aromatic carbocycles. The molecule has 0 bridgehead atoms. The van der Waals surface area contributed by atoms with Gasteiger partial charge in [-0.15, -0.1) is 0 Å². The molecule has 0 spiro atoms. The number of nitrogens with one attached hydrogen (secondary N) is 4. The largest absolute Gasteiger partial charge is 0.325 e. The van der Waals surface area contributed by atoms with E-state index in [-0.39, 0.29) is 24.0 Å². The Labute approximate surface area is 165 Å². The summed E-state index contributed by atoms with van der Waals surface area (Å²) >= 11 is 6.03. The van der Waals surface area contributed by atoms with E-state index in [4.69, 9.17) is 11.6 Å². The van der Waals surface area contributed by atoms with E-state index < -0.39 is 6.04 Å². The molecule has 0 saturated heterocycles. The van der Waals surface area contributed by atoms with Crippen LogP contribution in [-0.4, -0.2) is 46.3 Å². The Balaban J connectivity index is 1.59. The molecule has 8 nitrogen and oxygen atoms in total. The van der Waals surface area contributed by atoms with Crippen LogP contribution < -0.4 is 16.3 Å². The number of imidazole rings is 1. The fourth-order valence-corrected chi connectivity index (χ4v) is 2.86. The predicted molar refractivity (Wildman–Crippen MR) is 110 cm³/mol. The summed E-state index contributed by atoms with van der Waals surface area (Å²) in [6.07, 6.45) is 0. The third-order valence-corrected chi connectivity index (χ3v) is 4.69. The third kappa shape index (κ3) is 4.59. The molecule has 1 atom stereocenters. The number of rotatable bonds is 6. The number of fused-ring (bicyclic) bond motifs is 1. The summed E-state index contributed by atoms with van der Waals surface area (Å²) < 4.78 is 0. The van der Waals surface area contributed by atoms with Crippen LogP contribution in [0.5, 0.6) is 0 Å². The quantitative estimate of drug-likeness (QED) is 0.508. The molecule has 0 aliphatic carbocycles. The van der Waals surface area contributed by atoms with E-state index in [1.807, 2.05) is 0 Å². The van der Waals surface area contributed by atoms with Crippen molar-refractivity contribution in [2.45, 2.75) is 13.0 Å². The summed E-state index contributed by atoms with van der Waals surface area (Å²) in [5.74, 6) is -0.549. The van der Waals surface area contributed by atoms with Crippen LogP contribution in [0.2, 0.25) is 5.02 Å². The van der Waals surface area contributed by atoms with Gasteiger partial charge in [0.15, 0.2) is 0 Å². The number of carbonyl (C=O) groups is 2. The second-order valence-electron chi connectivity index (χ2n) is 6.45. The lowest BCUT2D eigenvalue weighted by Gasteiger charge is -2.23. The average molecular weight is 402 g/mol. The van der Waals surface area contributed by atoms with Gasteiger partial charge in [0, 0.05) is 5.69 Å². The fraction of sp³-hybridized carbons (Fsp3) is 0.211. The molecule has 28 heavy (non-hydrogen) atoms. The van der Waals surface area contributed by atoms with Crippen molar-refractivity contribution >= 4 is 45.8 Å². The van der Waals surface area contributed by atoms with Gasteiger partial charge in [0.25, 0.3) is 0 Å². The van der Waals surface area contributed by atoms with Gasteiger partial charge in [0.05, 0.1) is 34.3 Å². The summed E-state index contributed by atoms with van der Waals surface area (Å²) in [4.78, 5) is 43.0. The number of amides is 2. The van der Waals surface area contributed by atoms with Gasteiger partial charge < -0.3 is 20.6 Å². The lowest BCUT2D eigenvalue weighted by molar-refractivity contribution is -0.122. The van der Waals surface area contributed by atoms with Crippen molar-refractivity contribution in [2.75, 3.05) is 24.2 Å². The Morgan fingerprint density at radius 1 is 1.11 bits per heavy atom. The highest BCUT2D eigenvalue weighted by atomic mass is 35.5. The van der Waals surface area contributed by atoms with E-state index in [1.54, 1.807) is 61.3 Å². The zero-order chi connectivity index (χ0) is 20.3. The van der Waals surface area contributed by atoms with E-state index in [1.165, 1.54) is 0 Å². The molecule has 4 N–H and O–H groups in total. The molecule has 1 heterocycles. The topological polar surface area (TPSA) is 110 Å². The molecule has 0 fully saturated rings. The monoisotopic (exact) mass is 401 g/mol. The van der Waals surface area contributed by atoms with Crippen LogP contribution in [0.4, 0.5) is 11.4 Å². The predicted octanol–water partition coefficient (Wildman–Crippen LogP) is 2.41. The second-order valence-corrected chi connectivity index (χ2v) is 6.86. The summed E-state index contributed by atoms with van der Waals surface area (Å²) in [5.41, 5.74) is 2.02. The van der Waals surface area contributed by atoms with Gasteiger partial charge in [0.1, 0.15) is 0 Å². The summed E-state index contributed by atoms with van der Waals surface area (Å²) in [5, 5.41) is 5.96. The number of aromatic nitrogens is 2. The first-order chi connectivity index (χ1) is 13.3. The smallest absolute Gasteiger partial charge is 0.323 e. The van der Waals surface area contributed by atoms with Crippen LogP contribution in [-0.2, 0) is 9.59 Å². The minimum atomic E-state index is -0.557. The van der Waals surface area contributed by atoms with Crippen molar-refractivity contribution < 1.29 is 9.59 Å². The van der Waals surface area contributed by atoms with Crippen LogP contribution in [0.3, 0.4) is 0 Å². The molecule has 0 aliphatic heterocycles. The minimum absolute atomic E-state index is 0.0178. The Hall–Kier alpha value is -3.10. The first kappa shape index (κ1) is 19.7. The molecule has 146 valence electrons. The van der Waals surface area contributed by atoms with Crippen LogP contribution >= 0.6 is 11.6 Å². The number of hydrogen-bond donors (Lipinski definition) is 4. The Morgan fingerprint density at radius 2 is 1.82 bits per heavy atom. The Morgan fingerprint density at radius 3 is 2.57 bits per heavy atom. The standard InChI is InChI=1S/C19H20ClN5O3/c1-11(25(2)10-17(26)22-14-6-4-3-5-13(14)20)18(27)21-12-7-8-15-16(9-12)24-19(28)23-15/h3-9,11H,10H2,1-2H3,(H,21,27)(H,22,26)(H2,23,24,28). The van der Waals surface area contributed by atoms with Gasteiger partial charge >= 0.3 is 5.69 Å². The number of benzene rings is 2. The van der Waals surface area contributed by atoms with Crippen molar-refractivity contribution in [2.24, 2.45) is 0 Å². The number of anilines is 2. The molecule has 0 saturated carbocycles. The molecule has 0 aliphatic rings. The molecule has 0 radical (unpaired) electrons. The summed E-state index contributed by atoms with van der Waals surface area (Å²) in [6.45, 7) is 1.72. The molecule has 1 aromatic heterocycles. The fourth-order valence-electron chi connectivity index (χ4n) is 2.67. The van der Waals surface area contributed by atoms with E-state index in [0.29, 0.717) is 27.4 Å². The normalized spacial score (nSPS) is 12.1. The van der Waals surface area contributed by atoms with E-state index in [2.05, 4.69) is 20.6 Å². The summed E-state index contributed by atoms with van der Waals surface area (Å²) in [7, 11) is 1.68. The maximum Gasteiger partial charge on any atom is 0.323 e. The average Bonchev–Trinajstić information content (AvgIpc) is 3.02.